The molecular formula is C6H7ClN2. The molecule has 3 heteroatoms. The van der Waals surface area contributed by atoms with Crippen molar-refractivity contribution in [2.45, 2.75) is 0 Å². The maximum Gasteiger partial charge on any atom is 0.0797 e. The van der Waals surface area contributed by atoms with E-state index >= 15 is 0 Å². The quantitative estimate of drug-likeness (QED) is 0.592. The van der Waals surface area contributed by atoms with Crippen LogP contribution in [0.25, 0.3) is 6.08 Å². The Labute approximate surface area is 58.5 Å². The third-order valence-corrected chi connectivity index (χ3v) is 1.42. The topological polar surface area (TPSA) is 30.9 Å². The van der Waals surface area contributed by atoms with E-state index in [1.807, 2.05) is 0 Å². The van der Waals surface area contributed by atoms with Gasteiger partial charge in [0.2, 0.25) is 0 Å². The second-order valence-corrected chi connectivity index (χ2v) is 2.07. The Kier molecular flexibility index (Phi) is 1.49. The van der Waals surface area contributed by atoms with Crippen molar-refractivity contribution in [3.05, 3.63) is 29.6 Å². The molecule has 0 saturated heterocycles. The Balaban J connectivity index is 3.22. The van der Waals surface area contributed by atoms with E-state index < -0.39 is 0 Å². The number of nitrogens with zero attached hydrogens (tertiary/aromatic N) is 1. The van der Waals surface area contributed by atoms with Crippen LogP contribution in [0.4, 0.5) is 0 Å². The predicted octanol–water partition coefficient (Wildman–Crippen LogP) is 1.50. The number of nitrogens with two attached hydrogens (primary N) is 1. The normalized spacial score (nSPS) is 9.44. The summed E-state index contributed by atoms with van der Waals surface area (Å²) in [5.41, 5.74) is 0.747. The minimum atomic E-state index is 0.632. The Morgan fingerprint density at radius 3 is 2.67 bits per heavy atom. The van der Waals surface area contributed by atoms with Gasteiger partial charge < -0.3 is 5.84 Å². The first-order valence-electron chi connectivity index (χ1n) is 2.50. The molecule has 1 aromatic rings. The van der Waals surface area contributed by atoms with Crippen molar-refractivity contribution in [2.24, 2.45) is 0 Å². The van der Waals surface area contributed by atoms with Gasteiger partial charge in [-0.25, -0.2) is 0 Å². The molecule has 0 aliphatic rings. The molecule has 0 amide bonds. The lowest BCUT2D eigenvalue weighted by atomic mass is 10.4. The third-order valence-electron chi connectivity index (χ3n) is 1.10. The van der Waals surface area contributed by atoms with Crippen LogP contribution in [-0.2, 0) is 0 Å². The standard InChI is InChI=1S/C6H7ClN2/c1-2-6-5(7)3-4-9(6)8/h2-4H,1,8H2. The van der Waals surface area contributed by atoms with Crippen LogP contribution >= 0.6 is 11.6 Å². The molecule has 0 atom stereocenters. The molecule has 48 valence electrons. The molecule has 0 aliphatic carbocycles. The highest BCUT2D eigenvalue weighted by Gasteiger charge is 1.97. The molecule has 2 nitrogen and oxygen atoms in total. The first kappa shape index (κ1) is 6.23. The minimum Gasteiger partial charge on any atom is -0.339 e. The molecule has 0 unspecified atom stereocenters. The average Bonchev–Trinajstić information content (AvgIpc) is 2.12. The van der Waals surface area contributed by atoms with Gasteiger partial charge in [0.25, 0.3) is 0 Å². The summed E-state index contributed by atoms with van der Waals surface area (Å²) in [5.74, 6) is 5.41. The number of nitrogen functional groups attached to an aromatic ring is 1. The second kappa shape index (κ2) is 2.15. The van der Waals surface area contributed by atoms with Gasteiger partial charge in [0.05, 0.1) is 10.7 Å². The van der Waals surface area contributed by atoms with Crippen molar-refractivity contribution in [1.82, 2.24) is 4.68 Å². The summed E-state index contributed by atoms with van der Waals surface area (Å²) in [7, 11) is 0. The Bertz CT molecular complexity index is 207. The van der Waals surface area contributed by atoms with Gasteiger partial charge in [-0.05, 0) is 12.1 Å². The molecule has 0 spiro atoms. The van der Waals surface area contributed by atoms with Crippen molar-refractivity contribution in [2.75, 3.05) is 5.84 Å². The SMILES string of the molecule is C=Cc1c(Cl)ccn1N. The fourth-order valence-electron chi connectivity index (χ4n) is 0.638. The molecular weight excluding hydrogens is 136 g/mol. The molecule has 1 rings (SSSR count). The van der Waals surface area contributed by atoms with Crippen LogP contribution in [0.2, 0.25) is 5.02 Å². The maximum atomic E-state index is 5.67. The van der Waals surface area contributed by atoms with Crippen molar-refractivity contribution >= 4 is 17.7 Å². The molecule has 2 N–H and O–H groups in total. The fourth-order valence-corrected chi connectivity index (χ4v) is 0.869. The van der Waals surface area contributed by atoms with Gasteiger partial charge in [-0.15, -0.1) is 0 Å². The van der Waals surface area contributed by atoms with Gasteiger partial charge in [-0.3, -0.25) is 4.68 Å². The van der Waals surface area contributed by atoms with Crippen LogP contribution < -0.4 is 5.84 Å². The fraction of sp³-hybridized carbons (Fsp3) is 0. The molecule has 0 fully saturated rings. The minimum absolute atomic E-state index is 0.632. The number of hydrogen-bond acceptors (Lipinski definition) is 1. The van der Waals surface area contributed by atoms with E-state index in [0.717, 1.165) is 5.69 Å². The summed E-state index contributed by atoms with van der Waals surface area (Å²) in [6.45, 7) is 3.54. The highest BCUT2D eigenvalue weighted by atomic mass is 35.5. The monoisotopic (exact) mass is 142 g/mol. The number of hydrogen-bond donors (Lipinski definition) is 1. The lowest BCUT2D eigenvalue weighted by Crippen LogP contribution is -2.07. The van der Waals surface area contributed by atoms with Crippen LogP contribution in [0.15, 0.2) is 18.8 Å². The van der Waals surface area contributed by atoms with Crippen molar-refractivity contribution in [3.63, 3.8) is 0 Å². The van der Waals surface area contributed by atoms with E-state index in [9.17, 15) is 0 Å². The highest BCUT2D eigenvalue weighted by Crippen LogP contribution is 2.15. The van der Waals surface area contributed by atoms with Crippen LogP contribution in [0.5, 0.6) is 0 Å². The van der Waals surface area contributed by atoms with E-state index in [1.54, 1.807) is 18.3 Å². The Hall–Kier alpha value is -0.890. The van der Waals surface area contributed by atoms with Crippen LogP contribution in [-0.4, -0.2) is 4.68 Å². The van der Waals surface area contributed by atoms with Crippen LogP contribution in [0.1, 0.15) is 5.69 Å². The maximum absolute atomic E-state index is 5.67. The Morgan fingerprint density at radius 2 is 2.44 bits per heavy atom. The Morgan fingerprint density at radius 1 is 1.78 bits per heavy atom. The van der Waals surface area contributed by atoms with Crippen molar-refractivity contribution in [1.29, 1.82) is 0 Å². The summed E-state index contributed by atoms with van der Waals surface area (Å²) in [6, 6.07) is 1.72. The number of rotatable bonds is 1. The average molecular weight is 143 g/mol. The van der Waals surface area contributed by atoms with E-state index in [2.05, 4.69) is 6.58 Å². The van der Waals surface area contributed by atoms with Crippen LogP contribution in [0, 0.1) is 0 Å². The zero-order chi connectivity index (χ0) is 6.85. The third kappa shape index (κ3) is 0.933. The van der Waals surface area contributed by atoms with Gasteiger partial charge in [0, 0.05) is 6.20 Å². The van der Waals surface area contributed by atoms with E-state index in [-0.39, 0.29) is 0 Å². The largest absolute Gasteiger partial charge is 0.339 e. The van der Waals surface area contributed by atoms with Gasteiger partial charge in [0.15, 0.2) is 0 Å². The smallest absolute Gasteiger partial charge is 0.0797 e. The van der Waals surface area contributed by atoms with Gasteiger partial charge in [0.1, 0.15) is 0 Å². The van der Waals surface area contributed by atoms with E-state index in [0.29, 0.717) is 5.02 Å². The molecule has 1 aromatic heterocycles. The summed E-state index contributed by atoms with van der Waals surface area (Å²) in [5, 5.41) is 0.632. The first-order chi connectivity index (χ1) is 4.25. The van der Waals surface area contributed by atoms with Gasteiger partial charge in [-0.2, -0.15) is 0 Å². The van der Waals surface area contributed by atoms with Crippen molar-refractivity contribution in [3.8, 4) is 0 Å². The van der Waals surface area contributed by atoms with Crippen LogP contribution in [0.3, 0.4) is 0 Å². The first-order valence-corrected chi connectivity index (χ1v) is 2.88. The zero-order valence-electron chi connectivity index (χ0n) is 4.84. The van der Waals surface area contributed by atoms with E-state index in [4.69, 9.17) is 17.4 Å². The summed E-state index contributed by atoms with van der Waals surface area (Å²) in [6.07, 6.45) is 3.29. The molecule has 0 radical (unpaired) electrons. The highest BCUT2D eigenvalue weighted by molar-refractivity contribution is 6.31. The number of halogens is 1. The number of aromatic nitrogens is 1. The molecule has 1 heterocycles. The lowest BCUT2D eigenvalue weighted by molar-refractivity contribution is 1.00. The molecule has 0 aliphatic heterocycles. The van der Waals surface area contributed by atoms with Gasteiger partial charge >= 0.3 is 0 Å². The summed E-state index contributed by atoms with van der Waals surface area (Å²) in [4.78, 5) is 0. The molecule has 0 aromatic carbocycles. The summed E-state index contributed by atoms with van der Waals surface area (Å²) >= 11 is 5.67. The molecule has 0 bridgehead atoms. The zero-order valence-corrected chi connectivity index (χ0v) is 5.60. The second-order valence-electron chi connectivity index (χ2n) is 1.66. The summed E-state index contributed by atoms with van der Waals surface area (Å²) < 4.78 is 1.43. The van der Waals surface area contributed by atoms with E-state index in [1.165, 1.54) is 4.68 Å². The predicted molar refractivity (Wildman–Crippen MR) is 39.7 cm³/mol. The van der Waals surface area contributed by atoms with Gasteiger partial charge in [-0.1, -0.05) is 18.2 Å². The lowest BCUT2D eigenvalue weighted by Gasteiger charge is -1.94. The van der Waals surface area contributed by atoms with Crippen molar-refractivity contribution < 1.29 is 0 Å². The molecule has 0 saturated carbocycles. The molecule has 9 heavy (non-hydrogen) atoms.